The number of allylic oxidation sites excluding steroid dienone is 3. The Morgan fingerprint density at radius 1 is 1.42 bits per heavy atom. The number of hydrogen-bond donors (Lipinski definition) is 1. The van der Waals surface area contributed by atoms with E-state index in [1.54, 1.807) is 0 Å². The van der Waals surface area contributed by atoms with Crippen LogP contribution >= 0.6 is 0 Å². The Kier molecular flexibility index (Phi) is 3.30. The third-order valence-electron chi connectivity index (χ3n) is 2.22. The molecule has 0 bridgehead atoms. The average Bonchev–Trinajstić information content (AvgIpc) is 2.47. The van der Waals surface area contributed by atoms with E-state index in [-0.39, 0.29) is 0 Å². The molecule has 1 rings (SSSR count). The van der Waals surface area contributed by atoms with E-state index < -0.39 is 0 Å². The topological polar surface area (TPSA) is 12.0 Å². The molecule has 0 fully saturated rings. The second-order valence-electron chi connectivity index (χ2n) is 3.24. The summed E-state index contributed by atoms with van der Waals surface area (Å²) < 4.78 is 0. The van der Waals surface area contributed by atoms with Crippen molar-refractivity contribution in [2.75, 3.05) is 13.1 Å². The minimum absolute atomic E-state index is 1.03. The molecule has 0 saturated carbocycles. The summed E-state index contributed by atoms with van der Waals surface area (Å²) in [6.07, 6.45) is 6.32. The Labute approximate surface area is 74.9 Å². The molecule has 1 aliphatic heterocycles. The molecular formula is C11H17N. The molecule has 0 aromatic heterocycles. The van der Waals surface area contributed by atoms with E-state index in [0.29, 0.717) is 0 Å². The normalized spacial score (nSPS) is 19.8. The molecule has 12 heavy (non-hydrogen) atoms. The first kappa shape index (κ1) is 9.27. The van der Waals surface area contributed by atoms with Crippen LogP contribution in [0.1, 0.15) is 20.8 Å². The summed E-state index contributed by atoms with van der Waals surface area (Å²) >= 11 is 0. The maximum absolute atomic E-state index is 3.34. The van der Waals surface area contributed by atoms with Gasteiger partial charge in [-0.1, -0.05) is 23.8 Å². The molecule has 1 heteroatoms. The van der Waals surface area contributed by atoms with Crippen LogP contribution in [-0.2, 0) is 0 Å². The summed E-state index contributed by atoms with van der Waals surface area (Å²) in [5, 5.41) is 3.34. The number of nitrogens with one attached hydrogen (secondary N) is 1. The first-order valence-corrected chi connectivity index (χ1v) is 4.45. The highest BCUT2D eigenvalue weighted by molar-refractivity contribution is 5.39. The molecule has 1 N–H and O–H groups in total. The predicted octanol–water partition coefficient (Wildman–Crippen LogP) is 2.43. The third-order valence-corrected chi connectivity index (χ3v) is 2.22. The van der Waals surface area contributed by atoms with Crippen molar-refractivity contribution >= 4 is 0 Å². The molecule has 1 nitrogen and oxygen atoms in total. The summed E-state index contributed by atoms with van der Waals surface area (Å²) in [5.41, 5.74) is 4.34. The Bertz CT molecular complexity index is 244. The zero-order chi connectivity index (χ0) is 8.97. The van der Waals surface area contributed by atoms with Gasteiger partial charge in [-0.05, 0) is 31.9 Å². The number of rotatable bonds is 2. The minimum Gasteiger partial charge on any atom is -0.309 e. The highest BCUT2D eigenvalue weighted by atomic mass is 14.9. The summed E-state index contributed by atoms with van der Waals surface area (Å²) in [7, 11) is 0. The lowest BCUT2D eigenvalue weighted by atomic mass is 10.0. The van der Waals surface area contributed by atoms with Gasteiger partial charge in [-0.25, -0.2) is 0 Å². The van der Waals surface area contributed by atoms with Crippen molar-refractivity contribution in [2.45, 2.75) is 20.8 Å². The van der Waals surface area contributed by atoms with Gasteiger partial charge in [0, 0.05) is 13.1 Å². The molecule has 0 radical (unpaired) electrons. The van der Waals surface area contributed by atoms with E-state index in [9.17, 15) is 0 Å². The van der Waals surface area contributed by atoms with Gasteiger partial charge in [-0.15, -0.1) is 0 Å². The van der Waals surface area contributed by atoms with Crippen molar-refractivity contribution in [1.29, 1.82) is 0 Å². The van der Waals surface area contributed by atoms with Crippen molar-refractivity contribution in [3.05, 3.63) is 34.9 Å². The summed E-state index contributed by atoms with van der Waals surface area (Å²) in [6, 6.07) is 0. The maximum atomic E-state index is 3.34. The van der Waals surface area contributed by atoms with Crippen LogP contribution in [0.4, 0.5) is 0 Å². The van der Waals surface area contributed by atoms with Gasteiger partial charge in [0.15, 0.2) is 0 Å². The summed E-state index contributed by atoms with van der Waals surface area (Å²) in [5.74, 6) is 0. The van der Waals surface area contributed by atoms with Gasteiger partial charge in [-0.2, -0.15) is 0 Å². The Balaban J connectivity index is 2.75. The number of hydrogen-bond acceptors (Lipinski definition) is 1. The molecular weight excluding hydrogens is 146 g/mol. The molecule has 0 aliphatic carbocycles. The van der Waals surface area contributed by atoms with Crippen LogP contribution in [0.25, 0.3) is 0 Å². The van der Waals surface area contributed by atoms with Crippen molar-refractivity contribution < 1.29 is 0 Å². The van der Waals surface area contributed by atoms with E-state index in [2.05, 4.69) is 37.4 Å². The van der Waals surface area contributed by atoms with E-state index >= 15 is 0 Å². The molecule has 1 heterocycles. The van der Waals surface area contributed by atoms with Crippen molar-refractivity contribution in [1.82, 2.24) is 5.32 Å². The van der Waals surface area contributed by atoms with Crippen LogP contribution in [0.5, 0.6) is 0 Å². The molecule has 0 atom stereocenters. The largest absolute Gasteiger partial charge is 0.309 e. The van der Waals surface area contributed by atoms with E-state index in [1.165, 1.54) is 16.7 Å². The Morgan fingerprint density at radius 2 is 2.17 bits per heavy atom. The van der Waals surface area contributed by atoms with Crippen LogP contribution in [0.15, 0.2) is 34.9 Å². The molecule has 0 aromatic carbocycles. The van der Waals surface area contributed by atoms with E-state index in [1.807, 2.05) is 6.92 Å². The molecule has 66 valence electrons. The van der Waals surface area contributed by atoms with Gasteiger partial charge in [0.1, 0.15) is 0 Å². The van der Waals surface area contributed by atoms with Crippen molar-refractivity contribution in [3.8, 4) is 0 Å². The Morgan fingerprint density at radius 3 is 2.67 bits per heavy atom. The lowest BCUT2D eigenvalue weighted by Crippen LogP contribution is -2.08. The quantitative estimate of drug-likeness (QED) is 0.616. The van der Waals surface area contributed by atoms with Crippen LogP contribution < -0.4 is 5.32 Å². The van der Waals surface area contributed by atoms with Crippen molar-refractivity contribution in [2.24, 2.45) is 0 Å². The molecule has 1 aliphatic rings. The van der Waals surface area contributed by atoms with Crippen molar-refractivity contribution in [3.63, 3.8) is 0 Å². The molecule has 0 amide bonds. The van der Waals surface area contributed by atoms with Gasteiger partial charge in [0.2, 0.25) is 0 Å². The first-order chi connectivity index (χ1) is 5.75. The monoisotopic (exact) mass is 163 g/mol. The molecule has 0 unspecified atom stereocenters. The van der Waals surface area contributed by atoms with E-state index in [0.717, 1.165) is 13.1 Å². The summed E-state index contributed by atoms with van der Waals surface area (Å²) in [6.45, 7) is 8.49. The standard InChI is InChI=1S/C11H17N/c1-4-5-6-9(2)11-8-12-7-10(11)3/h4-6,12H,7-8H2,1-3H3/b5-4-,9-6-. The summed E-state index contributed by atoms with van der Waals surface area (Å²) in [4.78, 5) is 0. The van der Waals surface area contributed by atoms with Gasteiger partial charge in [-0.3, -0.25) is 0 Å². The average molecular weight is 163 g/mol. The first-order valence-electron chi connectivity index (χ1n) is 4.45. The second-order valence-corrected chi connectivity index (χ2v) is 3.24. The van der Waals surface area contributed by atoms with Crippen LogP contribution in [-0.4, -0.2) is 13.1 Å². The highest BCUT2D eigenvalue weighted by Gasteiger charge is 2.09. The molecule has 0 aromatic rings. The maximum Gasteiger partial charge on any atom is 0.0211 e. The fourth-order valence-electron chi connectivity index (χ4n) is 1.45. The van der Waals surface area contributed by atoms with Gasteiger partial charge in [0.25, 0.3) is 0 Å². The molecule has 0 saturated heterocycles. The van der Waals surface area contributed by atoms with Crippen LogP contribution in [0.2, 0.25) is 0 Å². The predicted molar refractivity (Wildman–Crippen MR) is 54.1 cm³/mol. The smallest absolute Gasteiger partial charge is 0.0211 e. The van der Waals surface area contributed by atoms with Gasteiger partial charge < -0.3 is 5.32 Å². The van der Waals surface area contributed by atoms with E-state index in [4.69, 9.17) is 0 Å². The lowest BCUT2D eigenvalue weighted by Gasteiger charge is -2.01. The fraction of sp³-hybridized carbons (Fsp3) is 0.455. The zero-order valence-electron chi connectivity index (χ0n) is 8.15. The Hall–Kier alpha value is -0.820. The van der Waals surface area contributed by atoms with Gasteiger partial charge >= 0.3 is 0 Å². The minimum atomic E-state index is 1.03. The third kappa shape index (κ3) is 2.08. The lowest BCUT2D eigenvalue weighted by molar-refractivity contribution is 0.865. The SMILES string of the molecule is C/C=C\C=C(\C)C1=C(C)CNC1. The highest BCUT2D eigenvalue weighted by Crippen LogP contribution is 2.17. The second kappa shape index (κ2) is 4.27. The van der Waals surface area contributed by atoms with Crippen LogP contribution in [0, 0.1) is 0 Å². The van der Waals surface area contributed by atoms with Crippen LogP contribution in [0.3, 0.4) is 0 Å². The molecule has 0 spiro atoms. The van der Waals surface area contributed by atoms with Gasteiger partial charge in [0.05, 0.1) is 0 Å². The zero-order valence-corrected chi connectivity index (χ0v) is 8.15. The fourth-order valence-corrected chi connectivity index (χ4v) is 1.45.